The average Bonchev–Trinajstić information content (AvgIpc) is 2.21. The van der Waals surface area contributed by atoms with E-state index in [1.54, 1.807) is 0 Å². The molecule has 2 atom stereocenters. The minimum absolute atomic E-state index is 0.547. The molecule has 0 aromatic carbocycles. The molecule has 1 fully saturated rings. The van der Waals surface area contributed by atoms with E-state index in [0.29, 0.717) is 6.04 Å². The third-order valence-electron chi connectivity index (χ3n) is 2.75. The normalized spacial score (nSPS) is 25.8. The SMILES string of the molecule is CCCCC(NN)C1CCCCS1. The van der Waals surface area contributed by atoms with Crippen LogP contribution in [-0.4, -0.2) is 17.0 Å². The predicted molar refractivity (Wildman–Crippen MR) is 60.7 cm³/mol. The standard InChI is InChI=1S/C10H22N2S/c1-2-3-6-9(12-11)10-7-4-5-8-13-10/h9-10,12H,2-8,11H2,1H3. The molecule has 0 bridgehead atoms. The van der Waals surface area contributed by atoms with Gasteiger partial charge in [-0.25, -0.2) is 0 Å². The quantitative estimate of drug-likeness (QED) is 0.530. The van der Waals surface area contributed by atoms with Crippen molar-refractivity contribution in [3.05, 3.63) is 0 Å². The Morgan fingerprint density at radius 3 is 2.92 bits per heavy atom. The lowest BCUT2D eigenvalue weighted by molar-refractivity contribution is 0.436. The molecule has 0 radical (unpaired) electrons. The van der Waals surface area contributed by atoms with Crippen molar-refractivity contribution in [2.45, 2.75) is 56.7 Å². The van der Waals surface area contributed by atoms with Gasteiger partial charge in [0, 0.05) is 11.3 Å². The highest BCUT2D eigenvalue weighted by molar-refractivity contribution is 8.00. The van der Waals surface area contributed by atoms with Crippen LogP contribution >= 0.6 is 11.8 Å². The number of thioether (sulfide) groups is 1. The third-order valence-corrected chi connectivity index (χ3v) is 4.26. The molecule has 1 saturated heterocycles. The number of nitrogens with one attached hydrogen (secondary N) is 1. The molecule has 0 aromatic rings. The summed E-state index contributed by atoms with van der Waals surface area (Å²) in [5.41, 5.74) is 2.99. The maximum absolute atomic E-state index is 5.58. The second-order valence-electron chi connectivity index (χ2n) is 3.82. The average molecular weight is 202 g/mol. The van der Waals surface area contributed by atoms with E-state index >= 15 is 0 Å². The molecule has 13 heavy (non-hydrogen) atoms. The topological polar surface area (TPSA) is 38.0 Å². The molecule has 3 heteroatoms. The zero-order chi connectivity index (χ0) is 9.52. The van der Waals surface area contributed by atoms with E-state index in [9.17, 15) is 0 Å². The monoisotopic (exact) mass is 202 g/mol. The lowest BCUT2D eigenvalue weighted by Gasteiger charge is -2.29. The molecule has 1 aliphatic heterocycles. The first-order valence-electron chi connectivity index (χ1n) is 5.46. The molecule has 2 nitrogen and oxygen atoms in total. The van der Waals surface area contributed by atoms with Crippen LogP contribution in [0.15, 0.2) is 0 Å². The zero-order valence-corrected chi connectivity index (χ0v) is 9.41. The minimum atomic E-state index is 0.547. The molecule has 0 saturated carbocycles. The fraction of sp³-hybridized carbons (Fsp3) is 1.00. The first-order chi connectivity index (χ1) is 6.38. The molecule has 1 aliphatic rings. The maximum atomic E-state index is 5.58. The van der Waals surface area contributed by atoms with Gasteiger partial charge in [0.15, 0.2) is 0 Å². The van der Waals surface area contributed by atoms with Gasteiger partial charge in [-0.2, -0.15) is 11.8 Å². The summed E-state index contributed by atoms with van der Waals surface area (Å²) in [7, 11) is 0. The van der Waals surface area contributed by atoms with Crippen LogP contribution in [0.2, 0.25) is 0 Å². The van der Waals surface area contributed by atoms with Gasteiger partial charge in [0.1, 0.15) is 0 Å². The molecule has 3 N–H and O–H groups in total. The van der Waals surface area contributed by atoms with E-state index in [2.05, 4.69) is 24.1 Å². The van der Waals surface area contributed by atoms with Gasteiger partial charge in [0.2, 0.25) is 0 Å². The Hall–Kier alpha value is 0.270. The fourth-order valence-electron chi connectivity index (χ4n) is 1.88. The Morgan fingerprint density at radius 1 is 1.54 bits per heavy atom. The smallest absolute Gasteiger partial charge is 0.0329 e. The van der Waals surface area contributed by atoms with Gasteiger partial charge in [0.25, 0.3) is 0 Å². The van der Waals surface area contributed by atoms with E-state index in [0.717, 1.165) is 5.25 Å². The maximum Gasteiger partial charge on any atom is 0.0329 e. The molecule has 0 amide bonds. The van der Waals surface area contributed by atoms with Crippen molar-refractivity contribution in [1.29, 1.82) is 0 Å². The predicted octanol–water partition coefficient (Wildman–Crippen LogP) is 2.29. The van der Waals surface area contributed by atoms with Crippen molar-refractivity contribution in [2.75, 3.05) is 5.75 Å². The van der Waals surface area contributed by atoms with Crippen LogP contribution < -0.4 is 11.3 Å². The molecular weight excluding hydrogens is 180 g/mol. The Labute approximate surface area is 86.0 Å². The van der Waals surface area contributed by atoms with E-state index < -0.39 is 0 Å². The van der Waals surface area contributed by atoms with Crippen LogP contribution in [0.3, 0.4) is 0 Å². The largest absolute Gasteiger partial charge is 0.271 e. The van der Waals surface area contributed by atoms with Crippen molar-refractivity contribution in [2.24, 2.45) is 5.84 Å². The number of nitrogens with two attached hydrogens (primary N) is 1. The van der Waals surface area contributed by atoms with Gasteiger partial charge in [-0.1, -0.05) is 26.2 Å². The Kier molecular flexibility index (Phi) is 5.83. The minimum Gasteiger partial charge on any atom is -0.271 e. The van der Waals surface area contributed by atoms with Crippen molar-refractivity contribution < 1.29 is 0 Å². The highest BCUT2D eigenvalue weighted by atomic mass is 32.2. The number of hydrazine groups is 1. The van der Waals surface area contributed by atoms with Crippen molar-refractivity contribution in [3.63, 3.8) is 0 Å². The van der Waals surface area contributed by atoms with Crippen molar-refractivity contribution in [1.82, 2.24) is 5.43 Å². The molecule has 0 aliphatic carbocycles. The van der Waals surface area contributed by atoms with E-state index in [4.69, 9.17) is 5.84 Å². The van der Waals surface area contributed by atoms with Gasteiger partial charge >= 0.3 is 0 Å². The van der Waals surface area contributed by atoms with Gasteiger partial charge in [-0.3, -0.25) is 11.3 Å². The van der Waals surface area contributed by atoms with Crippen LogP contribution in [0.25, 0.3) is 0 Å². The Morgan fingerprint density at radius 2 is 2.38 bits per heavy atom. The summed E-state index contributed by atoms with van der Waals surface area (Å²) >= 11 is 2.10. The molecule has 78 valence electrons. The summed E-state index contributed by atoms with van der Waals surface area (Å²) in [6.07, 6.45) is 7.95. The number of rotatable bonds is 5. The highest BCUT2D eigenvalue weighted by Crippen LogP contribution is 2.28. The van der Waals surface area contributed by atoms with Gasteiger partial charge in [-0.15, -0.1) is 0 Å². The summed E-state index contributed by atoms with van der Waals surface area (Å²) in [5.74, 6) is 6.91. The summed E-state index contributed by atoms with van der Waals surface area (Å²) < 4.78 is 0. The Bertz CT molecular complexity index is 124. The van der Waals surface area contributed by atoms with Crippen LogP contribution in [0, 0.1) is 0 Å². The van der Waals surface area contributed by atoms with Gasteiger partial charge in [0.05, 0.1) is 0 Å². The second-order valence-corrected chi connectivity index (χ2v) is 5.17. The highest BCUT2D eigenvalue weighted by Gasteiger charge is 2.22. The van der Waals surface area contributed by atoms with Crippen LogP contribution in [0.1, 0.15) is 45.4 Å². The summed E-state index contributed by atoms with van der Waals surface area (Å²) in [5, 5.41) is 0.769. The third kappa shape index (κ3) is 3.88. The number of hydrogen-bond acceptors (Lipinski definition) is 3. The first kappa shape index (κ1) is 11.3. The molecule has 0 spiro atoms. The van der Waals surface area contributed by atoms with Crippen molar-refractivity contribution in [3.8, 4) is 0 Å². The lowest BCUT2D eigenvalue weighted by Crippen LogP contribution is -2.43. The fourth-order valence-corrected chi connectivity index (χ4v) is 3.34. The molecule has 2 unspecified atom stereocenters. The van der Waals surface area contributed by atoms with Crippen LogP contribution in [-0.2, 0) is 0 Å². The number of unbranched alkanes of at least 4 members (excludes halogenated alkanes) is 1. The number of hydrogen-bond donors (Lipinski definition) is 2. The van der Waals surface area contributed by atoms with E-state index in [1.165, 1.54) is 44.3 Å². The van der Waals surface area contributed by atoms with E-state index in [-0.39, 0.29) is 0 Å². The molecule has 0 aromatic heterocycles. The Balaban J connectivity index is 2.26. The van der Waals surface area contributed by atoms with E-state index in [1.807, 2.05) is 0 Å². The van der Waals surface area contributed by atoms with Gasteiger partial charge < -0.3 is 0 Å². The molecule has 1 heterocycles. The first-order valence-corrected chi connectivity index (χ1v) is 6.51. The summed E-state index contributed by atoms with van der Waals surface area (Å²) in [6, 6.07) is 0.547. The van der Waals surface area contributed by atoms with Crippen molar-refractivity contribution >= 4 is 11.8 Å². The zero-order valence-electron chi connectivity index (χ0n) is 8.59. The molecule has 1 rings (SSSR count). The molecular formula is C10H22N2S. The summed E-state index contributed by atoms with van der Waals surface area (Å²) in [4.78, 5) is 0. The van der Waals surface area contributed by atoms with Gasteiger partial charge in [-0.05, 0) is 25.0 Å². The van der Waals surface area contributed by atoms with Crippen LogP contribution in [0.4, 0.5) is 0 Å². The summed E-state index contributed by atoms with van der Waals surface area (Å²) in [6.45, 7) is 2.24. The second kappa shape index (κ2) is 6.68. The lowest BCUT2D eigenvalue weighted by atomic mass is 10.0. The van der Waals surface area contributed by atoms with Crippen LogP contribution in [0.5, 0.6) is 0 Å².